The quantitative estimate of drug-likeness (QED) is 0.605. The number of rotatable bonds is 7. The number of hydrogen-bond donors (Lipinski definition) is 1. The van der Waals surface area contributed by atoms with Crippen molar-refractivity contribution in [1.82, 2.24) is 9.88 Å². The van der Waals surface area contributed by atoms with Crippen LogP contribution in [-0.4, -0.2) is 47.1 Å². The Labute approximate surface area is 149 Å². The molecular formula is C18H20N2O4S. The molecule has 1 aromatic carbocycles. The van der Waals surface area contributed by atoms with Gasteiger partial charge in [-0.3, -0.25) is 4.79 Å². The lowest BCUT2D eigenvalue weighted by Gasteiger charge is -2.28. The number of ether oxygens (including phenoxy) is 1. The Kier molecular flexibility index (Phi) is 5.45. The molecule has 1 fully saturated rings. The van der Waals surface area contributed by atoms with Gasteiger partial charge in [0.1, 0.15) is 11.0 Å². The van der Waals surface area contributed by atoms with E-state index in [1.807, 2.05) is 24.3 Å². The molecule has 1 saturated carbocycles. The number of thiazole rings is 1. The molecule has 1 N–H and O–H groups in total. The SMILES string of the molecule is COC(=O)/C=C/C(=O)N(CC1CC1)C(CO)c1nc2ccccc2s1. The molecule has 2 aromatic rings. The molecule has 6 nitrogen and oxygen atoms in total. The van der Waals surface area contributed by atoms with E-state index >= 15 is 0 Å². The summed E-state index contributed by atoms with van der Waals surface area (Å²) in [5, 5.41) is 10.6. The fourth-order valence-corrected chi connectivity index (χ4v) is 3.67. The summed E-state index contributed by atoms with van der Waals surface area (Å²) in [7, 11) is 1.26. The molecular weight excluding hydrogens is 340 g/mol. The molecule has 0 radical (unpaired) electrons. The molecule has 7 heteroatoms. The van der Waals surface area contributed by atoms with Crippen molar-refractivity contribution in [3.8, 4) is 0 Å². The van der Waals surface area contributed by atoms with Gasteiger partial charge in [0.05, 0.1) is 23.9 Å². The molecule has 3 rings (SSSR count). The Morgan fingerprint density at radius 1 is 1.40 bits per heavy atom. The second-order valence-electron chi connectivity index (χ2n) is 6.01. The van der Waals surface area contributed by atoms with Crippen LogP contribution in [0.1, 0.15) is 23.9 Å². The fourth-order valence-electron chi connectivity index (χ4n) is 2.60. The summed E-state index contributed by atoms with van der Waals surface area (Å²) in [6.07, 6.45) is 4.45. The average molecular weight is 360 g/mol. The molecule has 1 atom stereocenters. The van der Waals surface area contributed by atoms with Crippen molar-refractivity contribution in [3.63, 3.8) is 0 Å². The molecule has 0 bridgehead atoms. The number of amides is 1. The fraction of sp³-hybridized carbons (Fsp3) is 0.389. The van der Waals surface area contributed by atoms with Gasteiger partial charge in [0.15, 0.2) is 0 Å². The van der Waals surface area contributed by atoms with Crippen LogP contribution in [0.15, 0.2) is 36.4 Å². The predicted octanol–water partition coefficient (Wildman–Crippen LogP) is 2.30. The normalized spacial score (nSPS) is 15.4. The first-order chi connectivity index (χ1) is 12.1. The topological polar surface area (TPSA) is 79.7 Å². The lowest BCUT2D eigenvalue weighted by atomic mass is 10.2. The van der Waals surface area contributed by atoms with Gasteiger partial charge in [-0.1, -0.05) is 12.1 Å². The Morgan fingerprint density at radius 3 is 2.80 bits per heavy atom. The Balaban J connectivity index is 1.87. The van der Waals surface area contributed by atoms with Crippen molar-refractivity contribution < 1.29 is 19.4 Å². The minimum atomic E-state index is -0.583. The second-order valence-corrected chi connectivity index (χ2v) is 7.07. The van der Waals surface area contributed by atoms with Crippen LogP contribution < -0.4 is 0 Å². The number of benzene rings is 1. The molecule has 1 heterocycles. The summed E-state index contributed by atoms with van der Waals surface area (Å²) in [4.78, 5) is 30.1. The summed E-state index contributed by atoms with van der Waals surface area (Å²) in [5.41, 5.74) is 0.852. The van der Waals surface area contributed by atoms with Crippen LogP contribution in [-0.2, 0) is 14.3 Å². The maximum absolute atomic E-state index is 12.6. The van der Waals surface area contributed by atoms with E-state index in [0.29, 0.717) is 17.5 Å². The zero-order valence-corrected chi connectivity index (χ0v) is 14.7. The monoisotopic (exact) mass is 360 g/mol. The van der Waals surface area contributed by atoms with Crippen LogP contribution in [0.4, 0.5) is 0 Å². The first-order valence-corrected chi connectivity index (χ1v) is 8.97. The van der Waals surface area contributed by atoms with Gasteiger partial charge in [0.2, 0.25) is 5.91 Å². The maximum atomic E-state index is 12.6. The van der Waals surface area contributed by atoms with Crippen LogP contribution in [0.5, 0.6) is 0 Å². The van der Waals surface area contributed by atoms with Crippen LogP contribution in [0.2, 0.25) is 0 Å². The molecule has 132 valence electrons. The van der Waals surface area contributed by atoms with Gasteiger partial charge in [-0.25, -0.2) is 9.78 Å². The van der Waals surface area contributed by atoms with Crippen molar-refractivity contribution in [3.05, 3.63) is 41.4 Å². The number of para-hydroxylation sites is 1. The third-order valence-corrected chi connectivity index (χ3v) is 5.28. The predicted molar refractivity (Wildman–Crippen MR) is 95.0 cm³/mol. The number of aliphatic hydroxyl groups is 1. The molecule has 1 aromatic heterocycles. The van der Waals surface area contributed by atoms with Gasteiger partial charge < -0.3 is 14.7 Å². The number of aromatic nitrogens is 1. The summed E-state index contributed by atoms with van der Waals surface area (Å²) in [6, 6.07) is 7.20. The lowest BCUT2D eigenvalue weighted by molar-refractivity contribution is -0.135. The van der Waals surface area contributed by atoms with Gasteiger partial charge in [-0.05, 0) is 30.9 Å². The highest BCUT2D eigenvalue weighted by Gasteiger charge is 2.32. The van der Waals surface area contributed by atoms with Crippen molar-refractivity contribution >= 4 is 33.4 Å². The summed E-state index contributed by atoms with van der Waals surface area (Å²) in [6.45, 7) is 0.329. The van der Waals surface area contributed by atoms with E-state index in [1.54, 1.807) is 4.90 Å². The van der Waals surface area contributed by atoms with Crippen LogP contribution in [0.25, 0.3) is 10.2 Å². The van der Waals surface area contributed by atoms with Gasteiger partial charge in [0.25, 0.3) is 0 Å². The van der Waals surface area contributed by atoms with Crippen LogP contribution in [0, 0.1) is 5.92 Å². The Bertz CT molecular complexity index is 764. The first-order valence-electron chi connectivity index (χ1n) is 8.15. The van der Waals surface area contributed by atoms with E-state index in [1.165, 1.54) is 24.5 Å². The summed E-state index contributed by atoms with van der Waals surface area (Å²) < 4.78 is 5.54. The van der Waals surface area contributed by atoms with Crippen LogP contribution in [0.3, 0.4) is 0 Å². The van der Waals surface area contributed by atoms with E-state index in [9.17, 15) is 14.7 Å². The van der Waals surface area contributed by atoms with E-state index < -0.39 is 12.0 Å². The second kappa shape index (κ2) is 7.76. The molecule has 0 saturated heterocycles. The molecule has 1 amide bonds. The van der Waals surface area contributed by atoms with Gasteiger partial charge >= 0.3 is 5.97 Å². The van der Waals surface area contributed by atoms with E-state index in [-0.39, 0.29) is 12.5 Å². The largest absolute Gasteiger partial charge is 0.466 e. The maximum Gasteiger partial charge on any atom is 0.330 e. The van der Waals surface area contributed by atoms with Gasteiger partial charge in [0, 0.05) is 18.7 Å². The average Bonchev–Trinajstić information content (AvgIpc) is 3.35. The number of hydrogen-bond acceptors (Lipinski definition) is 6. The number of fused-ring (bicyclic) bond motifs is 1. The highest BCUT2D eigenvalue weighted by atomic mass is 32.1. The Morgan fingerprint density at radius 2 is 2.16 bits per heavy atom. The number of aliphatic hydroxyl groups excluding tert-OH is 1. The lowest BCUT2D eigenvalue weighted by Crippen LogP contribution is -2.37. The molecule has 1 aliphatic rings. The highest BCUT2D eigenvalue weighted by Crippen LogP contribution is 2.35. The zero-order valence-electron chi connectivity index (χ0n) is 13.9. The van der Waals surface area contributed by atoms with Crippen molar-refractivity contribution in [1.29, 1.82) is 0 Å². The number of esters is 1. The van der Waals surface area contributed by atoms with Gasteiger partial charge in [-0.15, -0.1) is 11.3 Å². The molecule has 1 unspecified atom stereocenters. The van der Waals surface area contributed by atoms with Crippen molar-refractivity contribution in [2.24, 2.45) is 5.92 Å². The number of carbonyl (C=O) groups excluding carboxylic acids is 2. The van der Waals surface area contributed by atoms with Crippen molar-refractivity contribution in [2.75, 3.05) is 20.3 Å². The Hall–Kier alpha value is -2.25. The number of carbonyl (C=O) groups is 2. The molecule has 0 spiro atoms. The molecule has 0 aliphatic heterocycles. The third-order valence-electron chi connectivity index (χ3n) is 4.14. The van der Waals surface area contributed by atoms with Gasteiger partial charge in [-0.2, -0.15) is 0 Å². The smallest absolute Gasteiger partial charge is 0.330 e. The number of nitrogens with zero attached hydrogens (tertiary/aromatic N) is 2. The van der Waals surface area contributed by atoms with E-state index in [0.717, 1.165) is 29.1 Å². The molecule has 25 heavy (non-hydrogen) atoms. The summed E-state index contributed by atoms with van der Waals surface area (Å²) >= 11 is 1.47. The van der Waals surface area contributed by atoms with E-state index in [4.69, 9.17) is 0 Å². The van der Waals surface area contributed by atoms with E-state index in [2.05, 4.69) is 9.72 Å². The first kappa shape index (κ1) is 17.6. The minimum Gasteiger partial charge on any atom is -0.466 e. The standard InChI is InChI=1S/C18H20N2O4S/c1-24-17(23)9-8-16(22)20(10-12-6-7-12)14(11-21)18-19-13-4-2-3-5-15(13)25-18/h2-5,8-9,12,14,21H,6-7,10-11H2,1H3/b9-8+. The molecule has 1 aliphatic carbocycles. The number of methoxy groups -OCH3 is 1. The van der Waals surface area contributed by atoms with Crippen molar-refractivity contribution in [2.45, 2.75) is 18.9 Å². The minimum absolute atomic E-state index is 0.218. The highest BCUT2D eigenvalue weighted by molar-refractivity contribution is 7.18. The third kappa shape index (κ3) is 4.24. The van der Waals surface area contributed by atoms with Crippen LogP contribution >= 0.6 is 11.3 Å². The zero-order chi connectivity index (χ0) is 17.8. The summed E-state index contributed by atoms with van der Waals surface area (Å²) in [5.74, 6) is -0.463.